The molecule has 10 nitrogen and oxygen atoms in total. The van der Waals surface area contributed by atoms with E-state index >= 15 is 0 Å². The second-order valence-corrected chi connectivity index (χ2v) is 2.73. The first kappa shape index (κ1) is 73.6. The molecular weight excluding hydrogens is 270 g/mol. The summed E-state index contributed by atoms with van der Waals surface area (Å²) in [5.41, 5.74) is 0. The Bertz CT molecular complexity index is 99.3. The maximum absolute atomic E-state index is 9.05. The van der Waals surface area contributed by atoms with Crippen molar-refractivity contribution in [3.63, 3.8) is 0 Å². The average molecular weight is 286 g/mol. The Kier molecular flexibility index (Phi) is 242. The topological polar surface area (TPSA) is 252 Å². The van der Waals surface area contributed by atoms with Gasteiger partial charge in [-0.15, -0.1) is 0 Å². The summed E-state index contributed by atoms with van der Waals surface area (Å²) in [5.74, 6) is 0. The molecule has 14 heavy (non-hydrogen) atoms. The molecule has 0 spiro atoms. The standard InChI is InChI=1S/2Na.H2O3S2.H2O2.5H2O.2H/c;;1-5(2,3)4;1-2;;;;;;;/h;;(H2,1,2,3,4);1-2H;5*1H2;;. The summed E-state index contributed by atoms with van der Waals surface area (Å²) < 4.78 is 25.5. The van der Waals surface area contributed by atoms with Gasteiger partial charge < -0.3 is 27.4 Å². The van der Waals surface area contributed by atoms with E-state index < -0.39 is 9.15 Å². The van der Waals surface area contributed by atoms with Gasteiger partial charge in [0.25, 0.3) is 0 Å². The van der Waals surface area contributed by atoms with Crippen molar-refractivity contribution in [2.24, 2.45) is 0 Å². The quantitative estimate of drug-likeness (QED) is 0.0844. The summed E-state index contributed by atoms with van der Waals surface area (Å²) in [5, 5.41) is 12.0. The first-order valence-corrected chi connectivity index (χ1v) is 3.39. The van der Waals surface area contributed by atoms with Gasteiger partial charge in [-0.2, -0.15) is 8.42 Å². The molecule has 0 aliphatic rings. The van der Waals surface area contributed by atoms with Gasteiger partial charge in [-0.25, -0.2) is 0 Å². The van der Waals surface area contributed by atoms with Crippen LogP contribution in [0.1, 0.15) is 0 Å². The zero-order chi connectivity index (χ0) is 6.50. The van der Waals surface area contributed by atoms with Gasteiger partial charge in [-0.1, -0.05) is 0 Å². The molecule has 0 rings (SSSR count). The van der Waals surface area contributed by atoms with Crippen molar-refractivity contribution in [3.05, 3.63) is 0 Å². The summed E-state index contributed by atoms with van der Waals surface area (Å²) in [6.07, 6.45) is 0. The monoisotopic (exact) mass is 286 g/mol. The van der Waals surface area contributed by atoms with Gasteiger partial charge in [-0.05, 0) is 11.7 Å². The first-order valence-electron chi connectivity index (χ1n) is 0.898. The summed E-state index contributed by atoms with van der Waals surface area (Å²) >= 11 is 2.65. The molecule has 0 fully saturated rings. The average Bonchev–Trinajstić information content (AvgIpc) is 1.36. The van der Waals surface area contributed by atoms with Gasteiger partial charge in [0.1, 0.15) is 0 Å². The molecule has 0 aliphatic heterocycles. The minimum atomic E-state index is -3.97. The van der Waals surface area contributed by atoms with E-state index in [1.54, 1.807) is 0 Å². The van der Waals surface area contributed by atoms with Gasteiger partial charge in [0.15, 0.2) is 0 Å². The van der Waals surface area contributed by atoms with Crippen LogP contribution in [0.15, 0.2) is 0 Å². The number of hydrogen-bond acceptors (Lipinski definition) is 4. The number of thiol groups is 1. The van der Waals surface area contributed by atoms with Crippen molar-refractivity contribution < 1.29 is 50.9 Å². The number of rotatable bonds is 0. The summed E-state index contributed by atoms with van der Waals surface area (Å²) in [7, 11) is -3.97. The molecule has 0 heterocycles. The van der Waals surface area contributed by atoms with E-state index in [0.29, 0.717) is 0 Å². The van der Waals surface area contributed by atoms with E-state index in [-0.39, 0.29) is 86.5 Å². The SMILES string of the molecule is O.O.O.O.O.O=S(=O)(O)S.OO.[NaH].[NaH]. The molecule has 0 aromatic rings. The van der Waals surface area contributed by atoms with Crippen molar-refractivity contribution >= 4 is 79.9 Å². The van der Waals surface area contributed by atoms with E-state index in [1.165, 1.54) is 0 Å². The molecule has 0 aliphatic carbocycles. The summed E-state index contributed by atoms with van der Waals surface area (Å²) in [4.78, 5) is 0. The molecule has 0 saturated carbocycles. The van der Waals surface area contributed by atoms with Crippen LogP contribution in [-0.4, -0.2) is 110 Å². The fourth-order valence-corrected chi connectivity index (χ4v) is 0. The Labute approximate surface area is 129 Å². The molecule has 0 amide bonds. The fraction of sp³-hybridized carbons (Fsp3) is 0. The van der Waals surface area contributed by atoms with Crippen LogP contribution in [0.4, 0.5) is 0 Å². The van der Waals surface area contributed by atoms with Crippen LogP contribution in [-0.2, 0) is 9.15 Å². The minimum absolute atomic E-state index is 0. The molecule has 13 N–H and O–H groups in total. The molecule has 0 bridgehead atoms. The Morgan fingerprint density at radius 2 is 0.786 bits per heavy atom. The van der Waals surface area contributed by atoms with Crippen molar-refractivity contribution in [2.75, 3.05) is 0 Å². The van der Waals surface area contributed by atoms with Crippen LogP contribution >= 0.6 is 11.7 Å². The van der Waals surface area contributed by atoms with E-state index in [1.807, 2.05) is 0 Å². The van der Waals surface area contributed by atoms with Crippen LogP contribution in [0.25, 0.3) is 0 Å². The predicted octanol–water partition coefficient (Wildman–Crippen LogP) is -5.68. The Morgan fingerprint density at radius 1 is 0.786 bits per heavy atom. The molecule has 0 saturated heterocycles. The molecule has 14 heteroatoms. The molecule has 0 aromatic carbocycles. The Morgan fingerprint density at radius 3 is 0.786 bits per heavy atom. The maximum atomic E-state index is 9.05. The second-order valence-electron chi connectivity index (χ2n) is 0.448. The number of hydrogen-bond donors (Lipinski definition) is 4. The van der Waals surface area contributed by atoms with Gasteiger partial charge in [0.2, 0.25) is 0 Å². The van der Waals surface area contributed by atoms with Crippen molar-refractivity contribution in [2.45, 2.75) is 0 Å². The fourth-order valence-electron chi connectivity index (χ4n) is 0. The van der Waals surface area contributed by atoms with E-state index in [9.17, 15) is 0 Å². The van der Waals surface area contributed by atoms with Gasteiger partial charge in [-0.3, -0.25) is 15.1 Å². The van der Waals surface area contributed by atoms with Crippen LogP contribution in [0.5, 0.6) is 0 Å². The molecule has 0 radical (unpaired) electrons. The molecule has 0 aromatic heterocycles. The molecule has 90 valence electrons. The van der Waals surface area contributed by atoms with E-state index in [2.05, 4.69) is 11.7 Å². The van der Waals surface area contributed by atoms with Crippen LogP contribution in [0.2, 0.25) is 0 Å². The van der Waals surface area contributed by atoms with Gasteiger partial charge >= 0.3 is 68.3 Å². The zero-order valence-electron chi connectivity index (χ0n) is 5.51. The van der Waals surface area contributed by atoms with Crippen LogP contribution in [0.3, 0.4) is 0 Å². The second kappa shape index (κ2) is 46.0. The van der Waals surface area contributed by atoms with Crippen molar-refractivity contribution in [1.29, 1.82) is 0 Å². The van der Waals surface area contributed by atoms with Crippen molar-refractivity contribution in [3.8, 4) is 0 Å². The van der Waals surface area contributed by atoms with E-state index in [0.717, 1.165) is 0 Å². The summed E-state index contributed by atoms with van der Waals surface area (Å²) in [6, 6.07) is 0. The Hall–Kier alpha value is 1.98. The van der Waals surface area contributed by atoms with Crippen LogP contribution in [0, 0.1) is 0 Å². The normalized spacial score (nSPS) is 4.57. The van der Waals surface area contributed by atoms with Crippen molar-refractivity contribution in [1.82, 2.24) is 0 Å². The Balaban J connectivity index is -0.00000000377. The van der Waals surface area contributed by atoms with Gasteiger partial charge in [0.05, 0.1) is 0 Å². The van der Waals surface area contributed by atoms with Crippen LogP contribution < -0.4 is 0 Å². The van der Waals surface area contributed by atoms with Gasteiger partial charge in [0, 0.05) is 0 Å². The molecular formula is H16Na2O10S2. The van der Waals surface area contributed by atoms with E-state index in [4.69, 9.17) is 23.5 Å². The third-order valence-electron chi connectivity index (χ3n) is 0. The first-order chi connectivity index (χ1) is 3.00. The summed E-state index contributed by atoms with van der Waals surface area (Å²) in [6.45, 7) is 0. The third-order valence-corrected chi connectivity index (χ3v) is 0. The molecule has 0 unspecified atom stereocenters. The third kappa shape index (κ3) is 601. The zero-order valence-corrected chi connectivity index (χ0v) is 7.22. The molecule has 0 atom stereocenters. The predicted molar refractivity (Wildman–Crippen MR) is 58.2 cm³/mol.